The normalized spacial score (nSPS) is 58.8. The van der Waals surface area contributed by atoms with Crippen LogP contribution in [0.4, 0.5) is 0 Å². The third kappa shape index (κ3) is 0.610. The lowest BCUT2D eigenvalue weighted by atomic mass is 9.86. The number of rotatable bonds is 0. The first-order valence-corrected chi connectivity index (χ1v) is 4.74. The first-order valence-electron chi connectivity index (χ1n) is 4.74. The zero-order valence-corrected chi connectivity index (χ0v) is 6.61. The minimum absolute atomic E-state index is 0.00898. The number of aliphatic hydroxyl groups is 1. The summed E-state index contributed by atoms with van der Waals surface area (Å²) in [5.41, 5.74) is 0. The Kier molecular flexibility index (Phi) is 1.07. The first-order chi connectivity index (χ1) is 5.38. The Hall–Kier alpha value is -0.300. The maximum Gasteiger partial charge on any atom is 0.0670 e. The molecule has 1 N–H and O–H groups in total. The Morgan fingerprint density at radius 1 is 1.00 bits per heavy atom. The molecule has 3 rings (SSSR count). The van der Waals surface area contributed by atoms with Crippen LogP contribution in [0.15, 0.2) is 12.2 Å². The van der Waals surface area contributed by atoms with E-state index >= 15 is 0 Å². The van der Waals surface area contributed by atoms with E-state index in [0.717, 1.165) is 11.8 Å². The van der Waals surface area contributed by atoms with E-state index < -0.39 is 0 Å². The highest BCUT2D eigenvalue weighted by molar-refractivity contribution is 5.19. The van der Waals surface area contributed by atoms with Gasteiger partial charge in [0.25, 0.3) is 0 Å². The van der Waals surface area contributed by atoms with Crippen molar-refractivity contribution < 1.29 is 5.11 Å². The number of hydrogen-bond donors (Lipinski definition) is 1. The molecule has 0 aromatic heterocycles. The maximum atomic E-state index is 9.77. The molecule has 3 aliphatic carbocycles. The first kappa shape index (κ1) is 6.24. The van der Waals surface area contributed by atoms with Crippen LogP contribution in [0.2, 0.25) is 0 Å². The maximum absolute atomic E-state index is 9.77. The number of hydrogen-bond acceptors (Lipinski definition) is 1. The van der Waals surface area contributed by atoms with Gasteiger partial charge in [-0.2, -0.15) is 0 Å². The van der Waals surface area contributed by atoms with Crippen molar-refractivity contribution in [2.24, 2.45) is 23.7 Å². The summed E-state index contributed by atoms with van der Waals surface area (Å²) in [4.78, 5) is 0. The Bertz CT molecular complexity index is 189. The van der Waals surface area contributed by atoms with E-state index in [1.54, 1.807) is 0 Å². The van der Waals surface area contributed by atoms with E-state index in [2.05, 4.69) is 12.2 Å². The SMILES string of the molecule is OC1C2C=CC1C1CCCC21. The molecule has 0 spiro atoms. The lowest BCUT2D eigenvalue weighted by molar-refractivity contribution is 0.123. The van der Waals surface area contributed by atoms with Crippen molar-refractivity contribution >= 4 is 0 Å². The molecule has 0 amide bonds. The molecule has 0 radical (unpaired) electrons. The topological polar surface area (TPSA) is 20.2 Å². The molecule has 60 valence electrons. The monoisotopic (exact) mass is 150 g/mol. The van der Waals surface area contributed by atoms with Gasteiger partial charge in [0.1, 0.15) is 0 Å². The van der Waals surface area contributed by atoms with Crippen LogP contribution in [0.3, 0.4) is 0 Å². The summed E-state index contributed by atoms with van der Waals surface area (Å²) in [7, 11) is 0. The second-order valence-electron chi connectivity index (χ2n) is 4.29. The van der Waals surface area contributed by atoms with Gasteiger partial charge in [-0.1, -0.05) is 18.6 Å². The highest BCUT2D eigenvalue weighted by Crippen LogP contribution is 2.55. The summed E-state index contributed by atoms with van der Waals surface area (Å²) in [5, 5.41) is 9.77. The molecule has 1 nitrogen and oxygen atoms in total. The third-order valence-corrected chi connectivity index (χ3v) is 3.96. The standard InChI is InChI=1S/C10H14O/c11-10-8-4-5-9(10)7-3-1-2-6(7)8/h4-11H,1-3H2. The Morgan fingerprint density at radius 3 is 2.09 bits per heavy atom. The van der Waals surface area contributed by atoms with Crippen LogP contribution in [-0.2, 0) is 0 Å². The molecule has 4 unspecified atom stereocenters. The lowest BCUT2D eigenvalue weighted by Gasteiger charge is -2.18. The van der Waals surface area contributed by atoms with Gasteiger partial charge in [-0.15, -0.1) is 0 Å². The quantitative estimate of drug-likeness (QED) is 0.520. The summed E-state index contributed by atoms with van der Waals surface area (Å²) >= 11 is 0. The summed E-state index contributed by atoms with van der Waals surface area (Å²) in [6, 6.07) is 0. The van der Waals surface area contributed by atoms with Crippen LogP contribution >= 0.6 is 0 Å². The minimum Gasteiger partial charge on any atom is -0.392 e. The largest absolute Gasteiger partial charge is 0.392 e. The zero-order valence-electron chi connectivity index (χ0n) is 6.61. The van der Waals surface area contributed by atoms with E-state index in [1.165, 1.54) is 19.3 Å². The minimum atomic E-state index is -0.00898. The summed E-state index contributed by atoms with van der Waals surface area (Å²) < 4.78 is 0. The molecule has 0 aliphatic heterocycles. The fraction of sp³-hybridized carbons (Fsp3) is 0.800. The smallest absolute Gasteiger partial charge is 0.0670 e. The van der Waals surface area contributed by atoms with Crippen molar-refractivity contribution in [2.75, 3.05) is 0 Å². The Balaban J connectivity index is 1.99. The average molecular weight is 150 g/mol. The third-order valence-electron chi connectivity index (χ3n) is 3.96. The van der Waals surface area contributed by atoms with Crippen LogP contribution in [0.25, 0.3) is 0 Å². The predicted octanol–water partition coefficient (Wildman–Crippen LogP) is 1.58. The van der Waals surface area contributed by atoms with Crippen molar-refractivity contribution in [3.8, 4) is 0 Å². The van der Waals surface area contributed by atoms with Gasteiger partial charge in [0.15, 0.2) is 0 Å². The summed E-state index contributed by atoms with van der Waals surface area (Å²) in [5.74, 6) is 2.76. The number of fused-ring (bicyclic) bond motifs is 5. The van der Waals surface area contributed by atoms with Gasteiger partial charge < -0.3 is 5.11 Å². The fourth-order valence-electron chi connectivity index (χ4n) is 3.51. The van der Waals surface area contributed by atoms with Crippen LogP contribution in [0.1, 0.15) is 19.3 Å². The molecule has 2 bridgehead atoms. The Morgan fingerprint density at radius 2 is 1.55 bits per heavy atom. The molecule has 3 aliphatic rings. The van der Waals surface area contributed by atoms with Crippen LogP contribution in [0, 0.1) is 23.7 Å². The predicted molar refractivity (Wildman–Crippen MR) is 43.0 cm³/mol. The van der Waals surface area contributed by atoms with Gasteiger partial charge >= 0.3 is 0 Å². The van der Waals surface area contributed by atoms with Crippen LogP contribution < -0.4 is 0 Å². The van der Waals surface area contributed by atoms with Gasteiger partial charge in [-0.3, -0.25) is 0 Å². The van der Waals surface area contributed by atoms with Gasteiger partial charge in [0.05, 0.1) is 6.10 Å². The van der Waals surface area contributed by atoms with Gasteiger partial charge in [-0.05, 0) is 24.7 Å². The van der Waals surface area contributed by atoms with E-state index in [4.69, 9.17) is 0 Å². The van der Waals surface area contributed by atoms with Crippen LogP contribution in [-0.4, -0.2) is 11.2 Å². The van der Waals surface area contributed by atoms with Crippen molar-refractivity contribution in [2.45, 2.75) is 25.4 Å². The highest BCUT2D eigenvalue weighted by Gasteiger charge is 2.52. The molecule has 0 aromatic carbocycles. The molecule has 0 saturated heterocycles. The zero-order chi connectivity index (χ0) is 7.42. The van der Waals surface area contributed by atoms with Crippen molar-refractivity contribution in [1.29, 1.82) is 0 Å². The molecule has 2 fully saturated rings. The fourth-order valence-corrected chi connectivity index (χ4v) is 3.51. The van der Waals surface area contributed by atoms with E-state index in [1.807, 2.05) is 0 Å². The highest BCUT2D eigenvalue weighted by atomic mass is 16.3. The van der Waals surface area contributed by atoms with E-state index in [-0.39, 0.29) is 6.10 Å². The lowest BCUT2D eigenvalue weighted by Crippen LogP contribution is -2.15. The average Bonchev–Trinajstić information content (AvgIpc) is 2.61. The van der Waals surface area contributed by atoms with Crippen molar-refractivity contribution in [3.63, 3.8) is 0 Å². The molecule has 11 heavy (non-hydrogen) atoms. The van der Waals surface area contributed by atoms with Crippen molar-refractivity contribution in [1.82, 2.24) is 0 Å². The van der Waals surface area contributed by atoms with Gasteiger partial charge in [0, 0.05) is 11.8 Å². The molecular weight excluding hydrogens is 136 g/mol. The molecule has 2 saturated carbocycles. The van der Waals surface area contributed by atoms with Crippen LogP contribution in [0.5, 0.6) is 0 Å². The summed E-state index contributed by atoms with van der Waals surface area (Å²) in [6.07, 6.45) is 8.63. The van der Waals surface area contributed by atoms with Gasteiger partial charge in [-0.25, -0.2) is 0 Å². The molecular formula is C10H14O. The van der Waals surface area contributed by atoms with E-state index in [9.17, 15) is 5.11 Å². The second kappa shape index (κ2) is 1.89. The van der Waals surface area contributed by atoms with Crippen molar-refractivity contribution in [3.05, 3.63) is 12.2 Å². The second-order valence-corrected chi connectivity index (χ2v) is 4.29. The van der Waals surface area contributed by atoms with E-state index in [0.29, 0.717) is 11.8 Å². The summed E-state index contributed by atoms with van der Waals surface area (Å²) in [6.45, 7) is 0. The number of aliphatic hydroxyl groups excluding tert-OH is 1. The van der Waals surface area contributed by atoms with Gasteiger partial charge in [0.2, 0.25) is 0 Å². The molecule has 4 atom stereocenters. The molecule has 0 heterocycles. The molecule has 1 heteroatoms. The molecule has 0 aromatic rings. The Labute approximate surface area is 67.1 Å².